The van der Waals surface area contributed by atoms with Gasteiger partial charge in [-0.2, -0.15) is 0 Å². The first-order valence-corrected chi connectivity index (χ1v) is 9.10. The Kier molecular flexibility index (Phi) is 4.23. The van der Waals surface area contributed by atoms with Crippen molar-refractivity contribution in [3.05, 3.63) is 51.4 Å². The van der Waals surface area contributed by atoms with E-state index in [9.17, 15) is 4.79 Å². The number of rotatable bonds is 3. The van der Waals surface area contributed by atoms with Crippen LogP contribution in [-0.4, -0.2) is 28.0 Å². The molecule has 2 aromatic rings. The molecule has 0 unspecified atom stereocenters. The van der Waals surface area contributed by atoms with E-state index in [-0.39, 0.29) is 5.56 Å². The molecule has 1 saturated carbocycles. The number of aromatic nitrogens is 2. The number of nitrogens with zero attached hydrogens (tertiary/aromatic N) is 2. The van der Waals surface area contributed by atoms with Crippen LogP contribution in [0.3, 0.4) is 0 Å². The minimum Gasteiger partial charge on any atom is -0.306 e. The highest BCUT2D eigenvalue weighted by Crippen LogP contribution is 2.27. The molecule has 24 heavy (non-hydrogen) atoms. The van der Waals surface area contributed by atoms with Crippen molar-refractivity contribution in [1.29, 1.82) is 0 Å². The first-order valence-electron chi connectivity index (χ1n) is 9.10. The number of fused-ring (bicyclic) bond motifs is 1. The van der Waals surface area contributed by atoms with Crippen molar-refractivity contribution < 1.29 is 0 Å². The molecule has 0 radical (unpaired) electrons. The van der Waals surface area contributed by atoms with E-state index < -0.39 is 0 Å². The number of benzene rings is 1. The van der Waals surface area contributed by atoms with E-state index >= 15 is 0 Å². The summed E-state index contributed by atoms with van der Waals surface area (Å²) in [5.74, 6) is 1.53. The maximum atomic E-state index is 12.5. The maximum Gasteiger partial charge on any atom is 0.254 e. The Bertz CT molecular complexity index is 772. The molecule has 0 amide bonds. The molecule has 1 aliphatic carbocycles. The van der Waals surface area contributed by atoms with Crippen LogP contribution in [0.5, 0.6) is 0 Å². The zero-order valence-electron chi connectivity index (χ0n) is 14.3. The second-order valence-electron chi connectivity index (χ2n) is 7.34. The van der Waals surface area contributed by atoms with Gasteiger partial charge in [0.2, 0.25) is 0 Å². The number of nitrogens with one attached hydrogen (secondary N) is 1. The zero-order chi connectivity index (χ0) is 16.5. The first kappa shape index (κ1) is 15.6. The van der Waals surface area contributed by atoms with Crippen molar-refractivity contribution in [3.63, 3.8) is 0 Å². The number of H-pyrrole nitrogens is 1. The average molecular weight is 323 g/mol. The van der Waals surface area contributed by atoms with E-state index in [1.165, 1.54) is 31.2 Å². The second kappa shape index (κ2) is 6.52. The van der Waals surface area contributed by atoms with Crippen LogP contribution in [0.2, 0.25) is 0 Å². The van der Waals surface area contributed by atoms with Gasteiger partial charge in [0, 0.05) is 30.8 Å². The van der Waals surface area contributed by atoms with E-state index in [0.717, 1.165) is 48.8 Å². The van der Waals surface area contributed by atoms with Gasteiger partial charge in [0.15, 0.2) is 0 Å². The van der Waals surface area contributed by atoms with Gasteiger partial charge in [0.25, 0.3) is 5.56 Å². The second-order valence-corrected chi connectivity index (χ2v) is 7.34. The van der Waals surface area contributed by atoms with Gasteiger partial charge in [-0.15, -0.1) is 0 Å². The quantitative estimate of drug-likeness (QED) is 0.943. The highest BCUT2D eigenvalue weighted by Gasteiger charge is 2.24. The van der Waals surface area contributed by atoms with Gasteiger partial charge in [0.05, 0.1) is 5.69 Å². The molecule has 4 rings (SSSR count). The molecule has 2 heterocycles. The molecule has 0 atom stereocenters. The SMILES string of the molecule is Cc1ccc(-c2nc3c(c(=O)[nH]2)CCN(CC2CCCC2)C3)cc1. The molecule has 4 heteroatoms. The smallest absolute Gasteiger partial charge is 0.254 e. The number of aromatic amines is 1. The lowest BCUT2D eigenvalue weighted by Crippen LogP contribution is -2.37. The van der Waals surface area contributed by atoms with Crippen molar-refractivity contribution in [3.8, 4) is 11.4 Å². The predicted molar refractivity (Wildman–Crippen MR) is 96.0 cm³/mol. The molecule has 126 valence electrons. The van der Waals surface area contributed by atoms with E-state index in [1.54, 1.807) is 0 Å². The molecule has 1 aromatic heterocycles. The summed E-state index contributed by atoms with van der Waals surface area (Å²) in [6.45, 7) is 5.02. The molecule has 0 saturated heterocycles. The molecular formula is C20H25N3O. The molecule has 2 aliphatic rings. The standard InChI is InChI=1S/C20H25N3O/c1-14-6-8-16(9-7-14)19-21-18-13-23(12-15-4-2-3-5-15)11-10-17(18)20(24)22-19/h6-9,15H,2-5,10-13H2,1H3,(H,21,22,24). The fraction of sp³-hybridized carbons (Fsp3) is 0.500. The third-order valence-electron chi connectivity index (χ3n) is 5.47. The summed E-state index contributed by atoms with van der Waals surface area (Å²) < 4.78 is 0. The van der Waals surface area contributed by atoms with Crippen molar-refractivity contribution in [2.75, 3.05) is 13.1 Å². The normalized spacial score (nSPS) is 18.7. The van der Waals surface area contributed by atoms with Crippen LogP contribution >= 0.6 is 0 Å². The van der Waals surface area contributed by atoms with Crippen LogP contribution in [0.4, 0.5) is 0 Å². The Hall–Kier alpha value is -1.94. The minimum atomic E-state index is 0.0380. The summed E-state index contributed by atoms with van der Waals surface area (Å²) in [5, 5.41) is 0. The van der Waals surface area contributed by atoms with Gasteiger partial charge in [-0.1, -0.05) is 42.7 Å². The number of hydrogen-bond acceptors (Lipinski definition) is 3. The Labute approximate surface area is 142 Å². The summed E-state index contributed by atoms with van der Waals surface area (Å²) in [5.41, 5.74) is 4.08. The predicted octanol–water partition coefficient (Wildman–Crippen LogP) is 3.29. The molecule has 1 fully saturated rings. The van der Waals surface area contributed by atoms with Gasteiger partial charge in [0.1, 0.15) is 5.82 Å². The van der Waals surface area contributed by atoms with Gasteiger partial charge in [-0.05, 0) is 32.1 Å². The van der Waals surface area contributed by atoms with Crippen LogP contribution in [-0.2, 0) is 13.0 Å². The van der Waals surface area contributed by atoms with E-state index in [4.69, 9.17) is 4.98 Å². The summed E-state index contributed by atoms with van der Waals surface area (Å²) in [6, 6.07) is 8.17. The lowest BCUT2D eigenvalue weighted by atomic mass is 10.0. The lowest BCUT2D eigenvalue weighted by molar-refractivity contribution is 0.211. The zero-order valence-corrected chi connectivity index (χ0v) is 14.3. The van der Waals surface area contributed by atoms with Crippen LogP contribution in [0.15, 0.2) is 29.1 Å². The molecule has 0 spiro atoms. The van der Waals surface area contributed by atoms with Gasteiger partial charge < -0.3 is 4.98 Å². The summed E-state index contributed by atoms with van der Waals surface area (Å²) >= 11 is 0. The molecule has 1 aromatic carbocycles. The van der Waals surface area contributed by atoms with Crippen LogP contribution in [0.25, 0.3) is 11.4 Å². The van der Waals surface area contributed by atoms with Crippen molar-refractivity contribution in [2.45, 2.75) is 45.6 Å². The Balaban J connectivity index is 1.59. The Morgan fingerprint density at radius 3 is 2.71 bits per heavy atom. The Morgan fingerprint density at radius 1 is 1.21 bits per heavy atom. The van der Waals surface area contributed by atoms with Crippen molar-refractivity contribution >= 4 is 0 Å². The topological polar surface area (TPSA) is 49.0 Å². The van der Waals surface area contributed by atoms with E-state index in [1.807, 2.05) is 12.1 Å². The fourth-order valence-corrected chi connectivity index (χ4v) is 4.06. The van der Waals surface area contributed by atoms with Crippen LogP contribution in [0.1, 0.15) is 42.5 Å². The summed E-state index contributed by atoms with van der Waals surface area (Å²) in [6.07, 6.45) is 6.30. The number of aryl methyl sites for hydroxylation is 1. The summed E-state index contributed by atoms with van der Waals surface area (Å²) in [4.78, 5) is 22.7. The minimum absolute atomic E-state index is 0.0380. The molecule has 1 aliphatic heterocycles. The lowest BCUT2D eigenvalue weighted by Gasteiger charge is -2.29. The highest BCUT2D eigenvalue weighted by atomic mass is 16.1. The van der Waals surface area contributed by atoms with Crippen LogP contribution in [0, 0.1) is 12.8 Å². The third-order valence-corrected chi connectivity index (χ3v) is 5.47. The Morgan fingerprint density at radius 2 is 1.96 bits per heavy atom. The van der Waals surface area contributed by atoms with Crippen molar-refractivity contribution in [1.82, 2.24) is 14.9 Å². The van der Waals surface area contributed by atoms with E-state index in [2.05, 4.69) is 28.9 Å². The maximum absolute atomic E-state index is 12.5. The van der Waals surface area contributed by atoms with Crippen LogP contribution < -0.4 is 5.56 Å². The number of hydrogen-bond donors (Lipinski definition) is 1. The van der Waals surface area contributed by atoms with Gasteiger partial charge >= 0.3 is 0 Å². The fourth-order valence-electron chi connectivity index (χ4n) is 4.06. The monoisotopic (exact) mass is 323 g/mol. The van der Waals surface area contributed by atoms with Gasteiger partial charge in [-0.25, -0.2) is 4.98 Å². The third kappa shape index (κ3) is 3.16. The average Bonchev–Trinajstić information content (AvgIpc) is 3.08. The first-order chi connectivity index (χ1) is 11.7. The largest absolute Gasteiger partial charge is 0.306 e. The molecular weight excluding hydrogens is 298 g/mol. The van der Waals surface area contributed by atoms with E-state index in [0.29, 0.717) is 5.82 Å². The van der Waals surface area contributed by atoms with Gasteiger partial charge in [-0.3, -0.25) is 9.69 Å². The summed E-state index contributed by atoms with van der Waals surface area (Å²) in [7, 11) is 0. The molecule has 1 N–H and O–H groups in total. The highest BCUT2D eigenvalue weighted by molar-refractivity contribution is 5.55. The van der Waals surface area contributed by atoms with Crippen molar-refractivity contribution in [2.24, 2.45) is 5.92 Å². The molecule has 4 nitrogen and oxygen atoms in total. The molecule has 0 bridgehead atoms.